The van der Waals surface area contributed by atoms with Gasteiger partial charge in [-0.25, -0.2) is 0 Å². The highest BCUT2D eigenvalue weighted by atomic mass is 35.5. The van der Waals surface area contributed by atoms with E-state index in [0.29, 0.717) is 5.75 Å². The molecular formula is C14H14ClNO2S2. The van der Waals surface area contributed by atoms with Crippen LogP contribution in [-0.4, -0.2) is 18.8 Å². The number of rotatable bonds is 6. The monoisotopic (exact) mass is 327 g/mol. The van der Waals surface area contributed by atoms with Gasteiger partial charge in [0.2, 0.25) is 5.91 Å². The smallest absolute Gasteiger partial charge is 0.234 e. The number of hydrogen-bond acceptors (Lipinski definition) is 4. The summed E-state index contributed by atoms with van der Waals surface area (Å²) >= 11 is 8.97. The van der Waals surface area contributed by atoms with Gasteiger partial charge in [0.15, 0.2) is 0 Å². The van der Waals surface area contributed by atoms with Crippen LogP contribution in [0.15, 0.2) is 36.4 Å². The van der Waals surface area contributed by atoms with E-state index in [2.05, 4.69) is 5.32 Å². The molecular weight excluding hydrogens is 314 g/mol. The molecule has 0 atom stereocenters. The molecule has 0 unspecified atom stereocenters. The van der Waals surface area contributed by atoms with Crippen LogP contribution >= 0.6 is 34.7 Å². The van der Waals surface area contributed by atoms with Gasteiger partial charge in [-0.1, -0.05) is 11.6 Å². The molecule has 1 aromatic heterocycles. The van der Waals surface area contributed by atoms with E-state index in [1.54, 1.807) is 30.2 Å². The van der Waals surface area contributed by atoms with Crippen molar-refractivity contribution in [1.82, 2.24) is 0 Å². The molecule has 0 aliphatic rings. The zero-order valence-electron chi connectivity index (χ0n) is 10.9. The average molecular weight is 328 g/mol. The topological polar surface area (TPSA) is 38.3 Å². The van der Waals surface area contributed by atoms with Crippen LogP contribution in [0.2, 0.25) is 4.34 Å². The zero-order valence-corrected chi connectivity index (χ0v) is 13.3. The Balaban J connectivity index is 1.74. The predicted molar refractivity (Wildman–Crippen MR) is 87.1 cm³/mol. The number of amides is 1. The van der Waals surface area contributed by atoms with E-state index in [0.717, 1.165) is 21.5 Å². The molecule has 0 fully saturated rings. The number of carbonyl (C=O) groups is 1. The number of anilines is 1. The number of benzene rings is 1. The van der Waals surface area contributed by atoms with Gasteiger partial charge in [-0.3, -0.25) is 4.79 Å². The standard InChI is InChI=1S/C14H14ClNO2S2/c1-18-11-4-2-10(3-5-11)16-14(17)9-19-8-12-6-7-13(15)20-12/h2-7H,8-9H2,1H3,(H,16,17). The summed E-state index contributed by atoms with van der Waals surface area (Å²) in [5, 5.41) is 2.85. The first-order chi connectivity index (χ1) is 9.67. The van der Waals surface area contributed by atoms with Gasteiger partial charge < -0.3 is 10.1 Å². The third-order valence-corrected chi connectivity index (χ3v) is 4.88. The Kier molecular flexibility index (Phi) is 5.76. The number of thioether (sulfide) groups is 1. The molecule has 0 radical (unpaired) electrons. The molecule has 2 rings (SSSR count). The molecule has 0 aliphatic heterocycles. The minimum absolute atomic E-state index is 0.0113. The second kappa shape index (κ2) is 7.57. The van der Waals surface area contributed by atoms with Gasteiger partial charge >= 0.3 is 0 Å². The molecule has 1 heterocycles. The van der Waals surface area contributed by atoms with E-state index < -0.39 is 0 Å². The lowest BCUT2D eigenvalue weighted by molar-refractivity contribution is -0.113. The first-order valence-corrected chi connectivity index (χ1v) is 8.28. The normalized spacial score (nSPS) is 10.3. The Morgan fingerprint density at radius 2 is 2.05 bits per heavy atom. The first-order valence-electron chi connectivity index (χ1n) is 5.93. The summed E-state index contributed by atoms with van der Waals surface area (Å²) in [4.78, 5) is 13.0. The largest absolute Gasteiger partial charge is 0.497 e. The fourth-order valence-corrected chi connectivity index (χ4v) is 3.57. The summed E-state index contributed by atoms with van der Waals surface area (Å²) < 4.78 is 5.84. The molecule has 0 aliphatic carbocycles. The van der Waals surface area contributed by atoms with Gasteiger partial charge in [-0.05, 0) is 36.4 Å². The molecule has 1 N–H and O–H groups in total. The van der Waals surface area contributed by atoms with Crippen molar-refractivity contribution >= 4 is 46.3 Å². The van der Waals surface area contributed by atoms with Crippen LogP contribution in [0.25, 0.3) is 0 Å². The van der Waals surface area contributed by atoms with Crippen LogP contribution in [0.3, 0.4) is 0 Å². The van der Waals surface area contributed by atoms with E-state index in [1.165, 1.54) is 4.88 Å². The summed E-state index contributed by atoms with van der Waals surface area (Å²) in [6, 6.07) is 11.1. The number of carbonyl (C=O) groups excluding carboxylic acids is 1. The van der Waals surface area contributed by atoms with Crippen LogP contribution in [0.5, 0.6) is 5.75 Å². The van der Waals surface area contributed by atoms with Gasteiger partial charge in [0, 0.05) is 16.3 Å². The highest BCUT2D eigenvalue weighted by molar-refractivity contribution is 7.99. The fourth-order valence-electron chi connectivity index (χ4n) is 1.55. The molecule has 106 valence electrons. The van der Waals surface area contributed by atoms with Crippen molar-refractivity contribution in [2.24, 2.45) is 0 Å². The van der Waals surface area contributed by atoms with Gasteiger partial charge in [0.1, 0.15) is 5.75 Å². The molecule has 20 heavy (non-hydrogen) atoms. The Labute approximate surface area is 131 Å². The highest BCUT2D eigenvalue weighted by Gasteiger charge is 2.04. The minimum atomic E-state index is -0.0113. The Hall–Kier alpha value is -1.17. The van der Waals surface area contributed by atoms with Crippen molar-refractivity contribution in [1.29, 1.82) is 0 Å². The van der Waals surface area contributed by atoms with E-state index in [1.807, 2.05) is 36.4 Å². The Morgan fingerprint density at radius 3 is 2.65 bits per heavy atom. The molecule has 6 heteroatoms. The summed E-state index contributed by atoms with van der Waals surface area (Å²) in [5.74, 6) is 1.98. The molecule has 3 nitrogen and oxygen atoms in total. The van der Waals surface area contributed by atoms with Crippen molar-refractivity contribution in [3.8, 4) is 5.75 Å². The molecule has 0 bridgehead atoms. The summed E-state index contributed by atoms with van der Waals surface area (Å²) in [6.45, 7) is 0. The molecule has 1 aromatic carbocycles. The molecule has 0 saturated carbocycles. The van der Waals surface area contributed by atoms with Gasteiger partial charge in [-0.2, -0.15) is 0 Å². The second-order valence-electron chi connectivity index (χ2n) is 3.98. The van der Waals surface area contributed by atoms with Crippen molar-refractivity contribution in [2.75, 3.05) is 18.2 Å². The van der Waals surface area contributed by atoms with Crippen molar-refractivity contribution in [2.45, 2.75) is 5.75 Å². The third-order valence-electron chi connectivity index (χ3n) is 2.48. The molecule has 0 saturated heterocycles. The SMILES string of the molecule is COc1ccc(NC(=O)CSCc2ccc(Cl)s2)cc1. The number of hydrogen-bond donors (Lipinski definition) is 1. The molecule has 2 aromatic rings. The Bertz CT molecular complexity index is 569. The molecule has 1 amide bonds. The average Bonchev–Trinajstić information content (AvgIpc) is 2.85. The molecule has 0 spiro atoms. The summed E-state index contributed by atoms with van der Waals surface area (Å²) in [6.07, 6.45) is 0. The fraction of sp³-hybridized carbons (Fsp3) is 0.214. The lowest BCUT2D eigenvalue weighted by Crippen LogP contribution is -2.13. The summed E-state index contributed by atoms with van der Waals surface area (Å²) in [5.41, 5.74) is 0.774. The number of methoxy groups -OCH3 is 1. The maximum atomic E-state index is 11.8. The van der Waals surface area contributed by atoms with E-state index in [-0.39, 0.29) is 5.91 Å². The van der Waals surface area contributed by atoms with Gasteiger partial charge in [-0.15, -0.1) is 23.1 Å². The highest BCUT2D eigenvalue weighted by Crippen LogP contribution is 2.25. The second-order valence-corrected chi connectivity index (χ2v) is 6.76. The lowest BCUT2D eigenvalue weighted by atomic mass is 10.3. The van der Waals surface area contributed by atoms with E-state index in [4.69, 9.17) is 16.3 Å². The van der Waals surface area contributed by atoms with E-state index in [9.17, 15) is 4.79 Å². The lowest BCUT2D eigenvalue weighted by Gasteiger charge is -2.05. The van der Waals surface area contributed by atoms with Crippen LogP contribution in [0, 0.1) is 0 Å². The summed E-state index contributed by atoms with van der Waals surface area (Å²) in [7, 11) is 1.61. The predicted octanol–water partition coefficient (Wildman–Crippen LogP) is 4.28. The van der Waals surface area contributed by atoms with Crippen LogP contribution in [0.1, 0.15) is 4.88 Å². The number of thiophene rings is 1. The van der Waals surface area contributed by atoms with Crippen molar-refractivity contribution < 1.29 is 9.53 Å². The first kappa shape index (κ1) is 15.2. The Morgan fingerprint density at radius 1 is 1.30 bits per heavy atom. The van der Waals surface area contributed by atoms with Crippen LogP contribution in [0.4, 0.5) is 5.69 Å². The van der Waals surface area contributed by atoms with Gasteiger partial charge in [0.25, 0.3) is 0 Å². The minimum Gasteiger partial charge on any atom is -0.497 e. The maximum Gasteiger partial charge on any atom is 0.234 e. The zero-order chi connectivity index (χ0) is 14.4. The van der Waals surface area contributed by atoms with Crippen molar-refractivity contribution in [3.63, 3.8) is 0 Å². The van der Waals surface area contributed by atoms with Crippen LogP contribution in [-0.2, 0) is 10.5 Å². The number of ether oxygens (including phenoxy) is 1. The van der Waals surface area contributed by atoms with E-state index >= 15 is 0 Å². The third kappa shape index (κ3) is 4.74. The van der Waals surface area contributed by atoms with Crippen LogP contribution < -0.4 is 10.1 Å². The van der Waals surface area contributed by atoms with Gasteiger partial charge in [0.05, 0.1) is 17.2 Å². The van der Waals surface area contributed by atoms with Crippen molar-refractivity contribution in [3.05, 3.63) is 45.6 Å². The quantitative estimate of drug-likeness (QED) is 0.860. The number of halogens is 1. The number of nitrogens with one attached hydrogen (secondary N) is 1. The maximum absolute atomic E-state index is 11.8.